The van der Waals surface area contributed by atoms with Crippen molar-refractivity contribution in [3.05, 3.63) is 39.7 Å². The molecule has 0 bridgehead atoms. The number of amides is 1. The van der Waals surface area contributed by atoms with Gasteiger partial charge in [0.05, 0.1) is 4.92 Å². The van der Waals surface area contributed by atoms with Crippen molar-refractivity contribution in [2.45, 2.75) is 32.2 Å². The van der Waals surface area contributed by atoms with E-state index in [0.29, 0.717) is 5.92 Å². The largest absolute Gasteiger partial charge is 0.349 e. The van der Waals surface area contributed by atoms with Crippen molar-refractivity contribution in [3.63, 3.8) is 0 Å². The number of nitro groups is 1. The molecule has 0 heterocycles. The second kappa shape index (κ2) is 5.34. The van der Waals surface area contributed by atoms with Crippen LogP contribution < -0.4 is 5.32 Å². The first-order valence-electron chi connectivity index (χ1n) is 6.24. The van der Waals surface area contributed by atoms with E-state index in [1.807, 2.05) is 0 Å². The summed E-state index contributed by atoms with van der Waals surface area (Å²) in [7, 11) is 0. The Labute approximate surface area is 110 Å². The van der Waals surface area contributed by atoms with E-state index >= 15 is 0 Å². The molecule has 2 unspecified atom stereocenters. The third-order valence-electron chi connectivity index (χ3n) is 3.58. The maximum atomic E-state index is 13.4. The van der Waals surface area contributed by atoms with Crippen molar-refractivity contribution in [1.29, 1.82) is 0 Å². The Morgan fingerprint density at radius 3 is 2.74 bits per heavy atom. The summed E-state index contributed by atoms with van der Waals surface area (Å²) in [4.78, 5) is 21.6. The fourth-order valence-corrected chi connectivity index (χ4v) is 2.41. The number of hydrogen-bond donors (Lipinski definition) is 1. The highest BCUT2D eigenvalue weighted by atomic mass is 19.1. The Morgan fingerprint density at radius 1 is 1.47 bits per heavy atom. The van der Waals surface area contributed by atoms with Crippen LogP contribution in [-0.2, 0) is 0 Å². The van der Waals surface area contributed by atoms with E-state index in [4.69, 9.17) is 0 Å². The van der Waals surface area contributed by atoms with Gasteiger partial charge in [0.15, 0.2) is 0 Å². The number of rotatable bonds is 3. The molecule has 1 N–H and O–H groups in total. The summed E-state index contributed by atoms with van der Waals surface area (Å²) in [6.45, 7) is 2.06. The molecule has 2 rings (SSSR count). The zero-order chi connectivity index (χ0) is 14.0. The molecule has 5 nitrogen and oxygen atoms in total. The van der Waals surface area contributed by atoms with Gasteiger partial charge >= 0.3 is 5.69 Å². The maximum absolute atomic E-state index is 13.4. The predicted octanol–water partition coefficient (Wildman–Crippen LogP) is 2.65. The van der Waals surface area contributed by atoms with E-state index in [1.165, 1.54) is 6.07 Å². The SMILES string of the molecule is CC1CCCC1NC(=O)c1ccc([N+](=O)[O-])c(F)c1. The van der Waals surface area contributed by atoms with Crippen molar-refractivity contribution in [2.24, 2.45) is 5.92 Å². The second-order valence-electron chi connectivity index (χ2n) is 4.91. The van der Waals surface area contributed by atoms with Crippen molar-refractivity contribution in [1.82, 2.24) is 5.32 Å². The first-order chi connectivity index (χ1) is 8.99. The molecule has 19 heavy (non-hydrogen) atoms. The van der Waals surface area contributed by atoms with E-state index in [2.05, 4.69) is 12.2 Å². The van der Waals surface area contributed by atoms with Crippen LogP contribution in [0, 0.1) is 21.8 Å². The predicted molar refractivity (Wildman–Crippen MR) is 67.3 cm³/mol. The third-order valence-corrected chi connectivity index (χ3v) is 3.58. The average molecular weight is 266 g/mol. The molecular formula is C13H15FN2O3. The van der Waals surface area contributed by atoms with Gasteiger partial charge in [0, 0.05) is 17.7 Å². The smallest absolute Gasteiger partial charge is 0.304 e. The molecule has 1 saturated carbocycles. The fourth-order valence-electron chi connectivity index (χ4n) is 2.41. The minimum Gasteiger partial charge on any atom is -0.349 e. The summed E-state index contributed by atoms with van der Waals surface area (Å²) in [5, 5.41) is 13.3. The molecule has 0 spiro atoms. The number of nitrogens with zero attached hydrogens (tertiary/aromatic N) is 1. The van der Waals surface area contributed by atoms with Crippen LogP contribution in [-0.4, -0.2) is 16.9 Å². The minimum atomic E-state index is -0.989. The van der Waals surface area contributed by atoms with Crippen molar-refractivity contribution >= 4 is 11.6 Å². The minimum absolute atomic E-state index is 0.103. The zero-order valence-electron chi connectivity index (χ0n) is 10.6. The summed E-state index contributed by atoms with van der Waals surface area (Å²) in [6, 6.07) is 3.30. The third kappa shape index (κ3) is 2.89. The lowest BCUT2D eigenvalue weighted by Crippen LogP contribution is -2.36. The first-order valence-corrected chi connectivity index (χ1v) is 6.24. The van der Waals surface area contributed by atoms with E-state index in [0.717, 1.165) is 31.4 Å². The van der Waals surface area contributed by atoms with Crippen LogP contribution >= 0.6 is 0 Å². The molecule has 1 aliphatic rings. The average Bonchev–Trinajstić information content (AvgIpc) is 2.74. The van der Waals surface area contributed by atoms with Crippen molar-refractivity contribution in [3.8, 4) is 0 Å². The highest BCUT2D eigenvalue weighted by Gasteiger charge is 2.25. The molecule has 1 amide bonds. The lowest BCUT2D eigenvalue weighted by Gasteiger charge is -2.17. The highest BCUT2D eigenvalue weighted by molar-refractivity contribution is 5.94. The Hall–Kier alpha value is -1.98. The van der Waals surface area contributed by atoms with Crippen LogP contribution in [0.3, 0.4) is 0 Å². The number of halogens is 1. The van der Waals surface area contributed by atoms with Crippen LogP contribution in [0.1, 0.15) is 36.5 Å². The number of carbonyl (C=O) groups excluding carboxylic acids is 1. The Kier molecular flexibility index (Phi) is 3.78. The van der Waals surface area contributed by atoms with Gasteiger partial charge in [-0.3, -0.25) is 14.9 Å². The molecule has 0 radical (unpaired) electrons. The number of benzene rings is 1. The number of carbonyl (C=O) groups is 1. The number of nitrogens with one attached hydrogen (secondary N) is 1. The quantitative estimate of drug-likeness (QED) is 0.675. The Balaban J connectivity index is 2.11. The first kappa shape index (κ1) is 13.5. The number of nitro benzene ring substituents is 1. The lowest BCUT2D eigenvalue weighted by molar-refractivity contribution is -0.387. The van der Waals surface area contributed by atoms with Gasteiger partial charge in [-0.25, -0.2) is 0 Å². The van der Waals surface area contributed by atoms with Gasteiger partial charge in [0.1, 0.15) is 0 Å². The molecule has 6 heteroatoms. The van der Waals surface area contributed by atoms with Crippen LogP contribution in [0.4, 0.5) is 10.1 Å². The summed E-state index contributed by atoms with van der Waals surface area (Å²) in [5.74, 6) is -0.962. The van der Waals surface area contributed by atoms with E-state index in [1.54, 1.807) is 0 Å². The van der Waals surface area contributed by atoms with Gasteiger partial charge in [0.2, 0.25) is 5.82 Å². The maximum Gasteiger partial charge on any atom is 0.304 e. The van der Waals surface area contributed by atoms with Gasteiger partial charge < -0.3 is 5.32 Å². The highest BCUT2D eigenvalue weighted by Crippen LogP contribution is 2.25. The Bertz CT molecular complexity index is 519. The van der Waals surface area contributed by atoms with Crippen molar-refractivity contribution < 1.29 is 14.1 Å². The summed E-state index contributed by atoms with van der Waals surface area (Å²) < 4.78 is 13.4. The molecule has 1 aliphatic carbocycles. The Morgan fingerprint density at radius 2 is 2.21 bits per heavy atom. The van der Waals surface area contributed by atoms with E-state index in [-0.39, 0.29) is 17.5 Å². The molecule has 2 atom stereocenters. The monoisotopic (exact) mass is 266 g/mol. The van der Waals surface area contributed by atoms with E-state index < -0.39 is 16.4 Å². The van der Waals surface area contributed by atoms with Gasteiger partial charge in [-0.15, -0.1) is 0 Å². The molecule has 0 saturated heterocycles. The fraction of sp³-hybridized carbons (Fsp3) is 0.462. The van der Waals surface area contributed by atoms with Gasteiger partial charge in [-0.1, -0.05) is 13.3 Å². The van der Waals surface area contributed by atoms with Gasteiger partial charge in [0.25, 0.3) is 5.91 Å². The molecule has 0 aliphatic heterocycles. The molecular weight excluding hydrogens is 251 g/mol. The van der Waals surface area contributed by atoms with Gasteiger partial charge in [-0.2, -0.15) is 4.39 Å². The van der Waals surface area contributed by atoms with Gasteiger partial charge in [-0.05, 0) is 30.9 Å². The molecule has 0 aromatic heterocycles. The van der Waals surface area contributed by atoms with Crippen LogP contribution in [0.5, 0.6) is 0 Å². The topological polar surface area (TPSA) is 72.2 Å². The van der Waals surface area contributed by atoms with E-state index in [9.17, 15) is 19.3 Å². The normalized spacial score (nSPS) is 22.2. The second-order valence-corrected chi connectivity index (χ2v) is 4.91. The summed E-state index contributed by atoms with van der Waals surface area (Å²) in [5.41, 5.74) is -0.506. The summed E-state index contributed by atoms with van der Waals surface area (Å²) >= 11 is 0. The molecule has 1 aromatic rings. The van der Waals surface area contributed by atoms with Crippen LogP contribution in [0.2, 0.25) is 0 Å². The zero-order valence-corrected chi connectivity index (χ0v) is 10.6. The molecule has 1 fully saturated rings. The number of hydrogen-bond acceptors (Lipinski definition) is 3. The molecule has 1 aromatic carbocycles. The van der Waals surface area contributed by atoms with Crippen molar-refractivity contribution in [2.75, 3.05) is 0 Å². The van der Waals surface area contributed by atoms with Crippen LogP contribution in [0.15, 0.2) is 18.2 Å². The lowest BCUT2D eigenvalue weighted by atomic mass is 10.1. The molecule has 102 valence electrons. The standard InChI is InChI=1S/C13H15FN2O3/c1-8-3-2-4-11(8)15-13(17)9-5-6-12(16(18)19)10(14)7-9/h5-8,11H,2-4H2,1H3,(H,15,17). The van der Waals surface area contributed by atoms with Crippen LogP contribution in [0.25, 0.3) is 0 Å². The summed E-state index contributed by atoms with van der Waals surface area (Å²) in [6.07, 6.45) is 3.06.